The standard InChI is InChI=1S/C11H11ClFNO2/c12-8-9(13)6(11(4-14)1-2-11)3-7-10(8)16-5-15-7/h3H,1-2,4-5,14H2. The zero-order valence-electron chi connectivity index (χ0n) is 8.56. The monoisotopic (exact) mass is 243 g/mol. The van der Waals surface area contributed by atoms with Gasteiger partial charge in [-0.2, -0.15) is 0 Å². The first-order valence-corrected chi connectivity index (χ1v) is 5.54. The van der Waals surface area contributed by atoms with E-state index >= 15 is 0 Å². The summed E-state index contributed by atoms with van der Waals surface area (Å²) in [6.07, 6.45) is 1.80. The molecule has 0 atom stereocenters. The summed E-state index contributed by atoms with van der Waals surface area (Å²) in [4.78, 5) is 0. The molecule has 2 N–H and O–H groups in total. The Bertz CT molecular complexity index is 460. The van der Waals surface area contributed by atoms with Crippen LogP contribution >= 0.6 is 11.6 Å². The third kappa shape index (κ3) is 1.23. The second kappa shape index (κ2) is 3.25. The minimum Gasteiger partial charge on any atom is -0.454 e. The number of fused-ring (bicyclic) bond motifs is 1. The van der Waals surface area contributed by atoms with Crippen molar-refractivity contribution in [2.45, 2.75) is 18.3 Å². The average Bonchev–Trinajstić information content (AvgIpc) is 2.95. The second-order valence-corrected chi connectivity index (χ2v) is 4.65. The largest absolute Gasteiger partial charge is 0.454 e. The zero-order valence-corrected chi connectivity index (χ0v) is 9.31. The van der Waals surface area contributed by atoms with Crippen molar-refractivity contribution in [3.05, 3.63) is 22.5 Å². The molecule has 3 nitrogen and oxygen atoms in total. The highest BCUT2D eigenvalue weighted by Gasteiger charge is 2.46. The predicted octanol–water partition coefficient (Wildman–Crippen LogP) is 2.20. The van der Waals surface area contributed by atoms with E-state index in [4.69, 9.17) is 26.8 Å². The van der Waals surface area contributed by atoms with E-state index in [1.807, 2.05) is 0 Å². The Balaban J connectivity index is 2.17. The first-order chi connectivity index (χ1) is 7.68. The van der Waals surface area contributed by atoms with Crippen molar-refractivity contribution in [1.82, 2.24) is 0 Å². The lowest BCUT2D eigenvalue weighted by atomic mass is 9.95. The van der Waals surface area contributed by atoms with Gasteiger partial charge in [-0.3, -0.25) is 0 Å². The molecular weight excluding hydrogens is 233 g/mol. The van der Waals surface area contributed by atoms with E-state index in [2.05, 4.69) is 0 Å². The van der Waals surface area contributed by atoms with Crippen molar-refractivity contribution in [3.63, 3.8) is 0 Å². The van der Waals surface area contributed by atoms with Gasteiger partial charge in [-0.25, -0.2) is 4.39 Å². The highest BCUT2D eigenvalue weighted by Crippen LogP contribution is 2.53. The Morgan fingerprint density at radius 2 is 2.19 bits per heavy atom. The smallest absolute Gasteiger partial charge is 0.231 e. The molecule has 0 amide bonds. The fourth-order valence-electron chi connectivity index (χ4n) is 2.10. The number of hydrogen-bond acceptors (Lipinski definition) is 3. The maximum absolute atomic E-state index is 14.1. The molecule has 1 fully saturated rings. The van der Waals surface area contributed by atoms with Gasteiger partial charge in [0.2, 0.25) is 6.79 Å². The van der Waals surface area contributed by atoms with Crippen LogP contribution in [0.5, 0.6) is 11.5 Å². The number of halogens is 2. The Hall–Kier alpha value is -1.00. The van der Waals surface area contributed by atoms with Crippen molar-refractivity contribution >= 4 is 11.6 Å². The number of hydrogen-bond donors (Lipinski definition) is 1. The lowest BCUT2D eigenvalue weighted by Gasteiger charge is -2.15. The fraction of sp³-hybridized carbons (Fsp3) is 0.455. The normalized spacial score (nSPS) is 19.9. The van der Waals surface area contributed by atoms with Gasteiger partial charge < -0.3 is 15.2 Å². The molecule has 86 valence electrons. The molecule has 1 aromatic carbocycles. The van der Waals surface area contributed by atoms with Gasteiger partial charge in [0, 0.05) is 17.5 Å². The van der Waals surface area contributed by atoms with Gasteiger partial charge in [-0.1, -0.05) is 11.6 Å². The van der Waals surface area contributed by atoms with Crippen LogP contribution in [0.1, 0.15) is 18.4 Å². The quantitative estimate of drug-likeness (QED) is 0.866. The fourth-order valence-corrected chi connectivity index (χ4v) is 2.35. The topological polar surface area (TPSA) is 44.5 Å². The Morgan fingerprint density at radius 3 is 2.81 bits per heavy atom. The summed E-state index contributed by atoms with van der Waals surface area (Å²) in [6, 6.07) is 1.67. The van der Waals surface area contributed by atoms with Gasteiger partial charge in [0.15, 0.2) is 11.5 Å². The molecule has 3 rings (SSSR count). The summed E-state index contributed by atoms with van der Waals surface area (Å²) in [6.45, 7) is 0.521. The average molecular weight is 244 g/mol. The SMILES string of the molecule is NCC1(c2cc3c(c(Cl)c2F)OCO3)CC1. The molecule has 0 aromatic heterocycles. The maximum atomic E-state index is 14.1. The molecule has 1 saturated carbocycles. The van der Waals surface area contributed by atoms with Crippen LogP contribution in [0.3, 0.4) is 0 Å². The molecule has 16 heavy (non-hydrogen) atoms. The molecule has 2 aliphatic rings. The van der Waals surface area contributed by atoms with Gasteiger partial charge in [0.1, 0.15) is 10.8 Å². The molecule has 0 bridgehead atoms. The molecule has 0 spiro atoms. The van der Waals surface area contributed by atoms with Crippen LogP contribution in [0, 0.1) is 5.82 Å². The highest BCUT2D eigenvalue weighted by molar-refractivity contribution is 6.32. The summed E-state index contributed by atoms with van der Waals surface area (Å²) < 4.78 is 24.4. The molecule has 1 aliphatic carbocycles. The van der Waals surface area contributed by atoms with E-state index in [0.29, 0.717) is 23.6 Å². The van der Waals surface area contributed by atoms with Crippen molar-refractivity contribution in [2.75, 3.05) is 13.3 Å². The lowest BCUT2D eigenvalue weighted by molar-refractivity contribution is 0.174. The highest BCUT2D eigenvalue weighted by atomic mass is 35.5. The molecule has 0 radical (unpaired) electrons. The predicted molar refractivity (Wildman–Crippen MR) is 57.5 cm³/mol. The van der Waals surface area contributed by atoms with Crippen LogP contribution in [0.2, 0.25) is 5.02 Å². The van der Waals surface area contributed by atoms with E-state index in [0.717, 1.165) is 12.8 Å². The zero-order chi connectivity index (χ0) is 11.3. The summed E-state index contributed by atoms with van der Waals surface area (Å²) in [5.41, 5.74) is 6.00. The first kappa shape index (κ1) is 10.2. The summed E-state index contributed by atoms with van der Waals surface area (Å²) in [7, 11) is 0. The maximum Gasteiger partial charge on any atom is 0.231 e. The van der Waals surface area contributed by atoms with Gasteiger partial charge in [0.25, 0.3) is 0 Å². The van der Waals surface area contributed by atoms with Crippen LogP contribution in [0.15, 0.2) is 6.07 Å². The van der Waals surface area contributed by atoms with E-state index in [1.165, 1.54) is 0 Å². The number of benzene rings is 1. The molecule has 0 unspecified atom stereocenters. The van der Waals surface area contributed by atoms with Crippen LogP contribution in [-0.4, -0.2) is 13.3 Å². The van der Waals surface area contributed by atoms with Gasteiger partial charge >= 0.3 is 0 Å². The second-order valence-electron chi connectivity index (χ2n) is 4.27. The van der Waals surface area contributed by atoms with Crippen LogP contribution < -0.4 is 15.2 Å². The summed E-state index contributed by atoms with van der Waals surface area (Å²) >= 11 is 5.91. The van der Waals surface area contributed by atoms with Crippen LogP contribution in [0.25, 0.3) is 0 Å². The molecule has 5 heteroatoms. The minimum atomic E-state index is -0.422. The molecular formula is C11H11ClFNO2. The number of ether oxygens (including phenoxy) is 2. The van der Waals surface area contributed by atoms with E-state index < -0.39 is 5.82 Å². The van der Waals surface area contributed by atoms with Gasteiger partial charge in [-0.05, 0) is 18.9 Å². The molecule has 1 aliphatic heterocycles. The van der Waals surface area contributed by atoms with Crippen molar-refractivity contribution in [3.8, 4) is 11.5 Å². The molecule has 1 aromatic rings. The third-order valence-electron chi connectivity index (χ3n) is 3.36. The summed E-state index contributed by atoms with van der Waals surface area (Å²) in [5, 5.41) is 0.00438. The Morgan fingerprint density at radius 1 is 1.44 bits per heavy atom. The molecule has 0 saturated heterocycles. The van der Waals surface area contributed by atoms with E-state index in [-0.39, 0.29) is 17.2 Å². The number of rotatable bonds is 2. The van der Waals surface area contributed by atoms with Gasteiger partial charge in [-0.15, -0.1) is 0 Å². The van der Waals surface area contributed by atoms with Crippen molar-refractivity contribution in [1.29, 1.82) is 0 Å². The summed E-state index contributed by atoms with van der Waals surface area (Å²) in [5.74, 6) is 0.394. The molecule has 1 heterocycles. The number of nitrogens with two attached hydrogens (primary N) is 1. The Labute approximate surface area is 97.3 Å². The van der Waals surface area contributed by atoms with E-state index in [9.17, 15) is 4.39 Å². The third-order valence-corrected chi connectivity index (χ3v) is 3.70. The van der Waals surface area contributed by atoms with Crippen molar-refractivity contribution < 1.29 is 13.9 Å². The first-order valence-electron chi connectivity index (χ1n) is 5.16. The lowest BCUT2D eigenvalue weighted by Crippen LogP contribution is -2.21. The van der Waals surface area contributed by atoms with Gasteiger partial charge in [0.05, 0.1) is 0 Å². The van der Waals surface area contributed by atoms with Crippen LogP contribution in [-0.2, 0) is 5.41 Å². The van der Waals surface area contributed by atoms with Crippen molar-refractivity contribution in [2.24, 2.45) is 5.73 Å². The van der Waals surface area contributed by atoms with Crippen LogP contribution in [0.4, 0.5) is 4.39 Å². The minimum absolute atomic E-state index is 0.00438. The van der Waals surface area contributed by atoms with E-state index in [1.54, 1.807) is 6.07 Å². The Kier molecular flexibility index (Phi) is 2.06.